The molecular formula is C14H20N2O3S. The zero-order valence-corrected chi connectivity index (χ0v) is 12.3. The van der Waals surface area contributed by atoms with Gasteiger partial charge in [-0.2, -0.15) is 0 Å². The van der Waals surface area contributed by atoms with E-state index in [1.807, 2.05) is 0 Å². The number of aliphatic hydroxyl groups excluding tert-OH is 1. The minimum Gasteiger partial charge on any atom is -0.397 e. The number of anilines is 2. The lowest BCUT2D eigenvalue weighted by Crippen LogP contribution is -2.45. The van der Waals surface area contributed by atoms with Crippen LogP contribution in [-0.4, -0.2) is 38.0 Å². The van der Waals surface area contributed by atoms with E-state index < -0.39 is 9.84 Å². The Morgan fingerprint density at radius 3 is 2.35 bits per heavy atom. The first kappa shape index (κ1) is 13.7. The van der Waals surface area contributed by atoms with Gasteiger partial charge < -0.3 is 15.7 Å². The molecule has 110 valence electrons. The van der Waals surface area contributed by atoms with Crippen LogP contribution in [0, 0.1) is 0 Å². The average Bonchev–Trinajstić information content (AvgIpc) is 2.61. The maximum Gasteiger partial charge on any atom is 0.175 e. The van der Waals surface area contributed by atoms with Gasteiger partial charge in [0.1, 0.15) is 0 Å². The van der Waals surface area contributed by atoms with Crippen molar-refractivity contribution >= 4 is 21.2 Å². The second-order valence-electron chi connectivity index (χ2n) is 5.91. The molecule has 2 fully saturated rings. The summed E-state index contributed by atoms with van der Waals surface area (Å²) in [4.78, 5) is 2.52. The van der Waals surface area contributed by atoms with Gasteiger partial charge in [0, 0.05) is 18.3 Å². The molecule has 2 bridgehead atoms. The topological polar surface area (TPSA) is 83.6 Å². The van der Waals surface area contributed by atoms with E-state index in [1.54, 1.807) is 12.1 Å². The number of sulfone groups is 1. The Labute approximate surface area is 119 Å². The summed E-state index contributed by atoms with van der Waals surface area (Å²) >= 11 is 0. The highest BCUT2D eigenvalue weighted by atomic mass is 32.2. The van der Waals surface area contributed by atoms with E-state index in [0.29, 0.717) is 17.8 Å². The van der Waals surface area contributed by atoms with Gasteiger partial charge in [0.2, 0.25) is 0 Å². The highest BCUT2D eigenvalue weighted by Gasteiger charge is 2.40. The summed E-state index contributed by atoms with van der Waals surface area (Å²) in [6.07, 6.45) is 4.63. The molecule has 6 heteroatoms. The lowest BCUT2D eigenvalue weighted by molar-refractivity contribution is 0.126. The Hall–Kier alpha value is -1.27. The van der Waals surface area contributed by atoms with Gasteiger partial charge in [-0.1, -0.05) is 0 Å². The van der Waals surface area contributed by atoms with Crippen molar-refractivity contribution in [1.29, 1.82) is 0 Å². The molecule has 2 saturated heterocycles. The SMILES string of the molecule is CS(=O)(=O)c1ccc(N2C3CCC2CC(O)C3)c(N)c1. The molecule has 5 nitrogen and oxygen atoms in total. The molecule has 3 rings (SSSR count). The van der Waals surface area contributed by atoms with Crippen LogP contribution in [0.4, 0.5) is 11.4 Å². The Bertz CT molecular complexity index is 615. The van der Waals surface area contributed by atoms with E-state index in [9.17, 15) is 13.5 Å². The predicted octanol–water partition coefficient (Wildman–Crippen LogP) is 1.16. The number of aliphatic hydroxyl groups is 1. The van der Waals surface area contributed by atoms with Gasteiger partial charge in [0.05, 0.1) is 22.4 Å². The van der Waals surface area contributed by atoms with E-state index in [0.717, 1.165) is 31.4 Å². The molecular weight excluding hydrogens is 276 g/mol. The first-order chi connectivity index (χ1) is 9.36. The highest BCUT2D eigenvalue weighted by Crippen LogP contribution is 2.41. The number of hydrogen-bond acceptors (Lipinski definition) is 5. The normalized spacial score (nSPS) is 29.7. The molecule has 1 aromatic rings. The monoisotopic (exact) mass is 296 g/mol. The Balaban J connectivity index is 1.96. The molecule has 2 aliphatic rings. The summed E-state index contributed by atoms with van der Waals surface area (Å²) < 4.78 is 23.1. The first-order valence-electron chi connectivity index (χ1n) is 6.92. The lowest BCUT2D eigenvalue weighted by atomic mass is 9.99. The van der Waals surface area contributed by atoms with Crippen molar-refractivity contribution in [2.45, 2.75) is 48.8 Å². The summed E-state index contributed by atoms with van der Waals surface area (Å²) in [6.45, 7) is 0. The van der Waals surface area contributed by atoms with Gasteiger partial charge in [-0.15, -0.1) is 0 Å². The fourth-order valence-corrected chi connectivity index (χ4v) is 4.20. The molecule has 0 radical (unpaired) electrons. The third kappa shape index (κ3) is 2.27. The number of hydrogen-bond donors (Lipinski definition) is 2. The minimum absolute atomic E-state index is 0.222. The summed E-state index contributed by atoms with van der Waals surface area (Å²) in [5.74, 6) is 0. The molecule has 3 N–H and O–H groups in total. The van der Waals surface area contributed by atoms with Gasteiger partial charge >= 0.3 is 0 Å². The van der Waals surface area contributed by atoms with Crippen molar-refractivity contribution in [2.24, 2.45) is 0 Å². The lowest BCUT2D eigenvalue weighted by Gasteiger charge is -2.39. The predicted molar refractivity (Wildman–Crippen MR) is 78.5 cm³/mol. The number of nitrogens with zero attached hydrogens (tertiary/aromatic N) is 1. The molecule has 2 aliphatic heterocycles. The quantitative estimate of drug-likeness (QED) is 0.800. The second-order valence-corrected chi connectivity index (χ2v) is 7.93. The standard InChI is InChI=1S/C14H20N2O3S/c1-20(18,19)12-4-5-14(13(15)8-12)16-9-2-3-10(16)7-11(17)6-9/h4-5,8-11,17H,2-3,6-7,15H2,1H3. The smallest absolute Gasteiger partial charge is 0.175 e. The average molecular weight is 296 g/mol. The van der Waals surface area contributed by atoms with E-state index in [1.165, 1.54) is 12.3 Å². The van der Waals surface area contributed by atoms with Gasteiger partial charge in [-0.3, -0.25) is 0 Å². The van der Waals surface area contributed by atoms with Crippen LogP contribution < -0.4 is 10.6 Å². The third-order valence-electron chi connectivity index (χ3n) is 4.41. The minimum atomic E-state index is -3.23. The van der Waals surface area contributed by atoms with Crippen molar-refractivity contribution in [2.75, 3.05) is 16.9 Å². The Morgan fingerprint density at radius 2 is 1.85 bits per heavy atom. The van der Waals surface area contributed by atoms with E-state index >= 15 is 0 Å². The van der Waals surface area contributed by atoms with Crippen LogP contribution in [0.3, 0.4) is 0 Å². The molecule has 2 atom stereocenters. The molecule has 0 saturated carbocycles. The molecule has 2 unspecified atom stereocenters. The number of benzene rings is 1. The van der Waals surface area contributed by atoms with Crippen molar-refractivity contribution in [3.8, 4) is 0 Å². The highest BCUT2D eigenvalue weighted by molar-refractivity contribution is 7.90. The van der Waals surface area contributed by atoms with E-state index in [2.05, 4.69) is 4.90 Å². The zero-order chi connectivity index (χ0) is 14.5. The maximum atomic E-state index is 11.6. The third-order valence-corrected chi connectivity index (χ3v) is 5.52. The van der Waals surface area contributed by atoms with Crippen molar-refractivity contribution in [3.05, 3.63) is 18.2 Å². The van der Waals surface area contributed by atoms with Crippen LogP contribution in [0.25, 0.3) is 0 Å². The first-order valence-corrected chi connectivity index (χ1v) is 8.81. The summed E-state index contributed by atoms with van der Waals surface area (Å²) in [5.41, 5.74) is 7.47. The molecule has 0 spiro atoms. The summed E-state index contributed by atoms with van der Waals surface area (Å²) in [7, 11) is -3.23. The van der Waals surface area contributed by atoms with Crippen LogP contribution in [0.1, 0.15) is 25.7 Å². The number of nitrogens with two attached hydrogens (primary N) is 1. The molecule has 20 heavy (non-hydrogen) atoms. The van der Waals surface area contributed by atoms with E-state index in [-0.39, 0.29) is 11.0 Å². The molecule has 2 heterocycles. The molecule has 0 aliphatic carbocycles. The van der Waals surface area contributed by atoms with Gasteiger partial charge in [0.25, 0.3) is 0 Å². The molecule has 0 amide bonds. The maximum absolute atomic E-state index is 11.6. The summed E-state index contributed by atoms with van der Waals surface area (Å²) in [6, 6.07) is 5.58. The zero-order valence-electron chi connectivity index (χ0n) is 11.5. The fraction of sp³-hybridized carbons (Fsp3) is 0.571. The van der Waals surface area contributed by atoms with Crippen molar-refractivity contribution < 1.29 is 13.5 Å². The van der Waals surface area contributed by atoms with Crippen LogP contribution in [0.2, 0.25) is 0 Å². The Kier molecular flexibility index (Phi) is 3.17. The fourth-order valence-electron chi connectivity index (χ4n) is 3.54. The van der Waals surface area contributed by atoms with E-state index in [4.69, 9.17) is 5.73 Å². The van der Waals surface area contributed by atoms with Crippen LogP contribution in [0.15, 0.2) is 23.1 Å². The van der Waals surface area contributed by atoms with Gasteiger partial charge in [-0.25, -0.2) is 8.42 Å². The number of fused-ring (bicyclic) bond motifs is 2. The van der Waals surface area contributed by atoms with Crippen LogP contribution >= 0.6 is 0 Å². The largest absolute Gasteiger partial charge is 0.397 e. The van der Waals surface area contributed by atoms with Crippen molar-refractivity contribution in [3.63, 3.8) is 0 Å². The second kappa shape index (κ2) is 4.63. The van der Waals surface area contributed by atoms with Gasteiger partial charge in [-0.05, 0) is 43.9 Å². The van der Waals surface area contributed by atoms with Crippen molar-refractivity contribution in [1.82, 2.24) is 0 Å². The molecule has 1 aromatic carbocycles. The number of piperidine rings is 1. The van der Waals surface area contributed by atoms with Crippen LogP contribution in [-0.2, 0) is 9.84 Å². The number of nitrogen functional groups attached to an aromatic ring is 1. The number of rotatable bonds is 2. The summed E-state index contributed by atoms with van der Waals surface area (Å²) in [5, 5.41) is 9.84. The Morgan fingerprint density at radius 1 is 1.25 bits per heavy atom. The van der Waals surface area contributed by atoms with Gasteiger partial charge in [0.15, 0.2) is 9.84 Å². The molecule has 0 aromatic heterocycles. The van der Waals surface area contributed by atoms with Crippen LogP contribution in [0.5, 0.6) is 0 Å².